The van der Waals surface area contributed by atoms with Crippen LogP contribution >= 0.6 is 0 Å². The van der Waals surface area contributed by atoms with Crippen molar-refractivity contribution in [2.75, 3.05) is 13.2 Å². The van der Waals surface area contributed by atoms with Crippen LogP contribution in [0.25, 0.3) is 0 Å². The molecule has 0 aromatic carbocycles. The van der Waals surface area contributed by atoms with E-state index in [4.69, 9.17) is 9.84 Å². The van der Waals surface area contributed by atoms with Gasteiger partial charge in [-0.3, -0.25) is 0 Å². The van der Waals surface area contributed by atoms with E-state index in [1.807, 2.05) is 0 Å². The normalized spacial score (nSPS) is 10.5. The van der Waals surface area contributed by atoms with Crippen molar-refractivity contribution in [1.29, 1.82) is 0 Å². The predicted molar refractivity (Wildman–Crippen MR) is 46.7 cm³/mol. The summed E-state index contributed by atoms with van der Waals surface area (Å²) in [6.07, 6.45) is 5.55. The summed E-state index contributed by atoms with van der Waals surface area (Å²) in [5.74, 6) is -0.290. The number of allylic oxidation sites excluding steroid dienone is 1. The highest BCUT2D eigenvalue weighted by Gasteiger charge is 1.94. The quantitative estimate of drug-likeness (QED) is 0.373. The molecule has 3 heteroatoms. The Labute approximate surface area is 73.0 Å². The third-order valence-electron chi connectivity index (χ3n) is 1.35. The number of hydrogen-bond acceptors (Lipinski definition) is 3. The van der Waals surface area contributed by atoms with E-state index in [1.165, 1.54) is 6.08 Å². The van der Waals surface area contributed by atoms with Crippen molar-refractivity contribution in [2.24, 2.45) is 0 Å². The van der Waals surface area contributed by atoms with Crippen molar-refractivity contribution < 1.29 is 14.6 Å². The third kappa shape index (κ3) is 7.28. The van der Waals surface area contributed by atoms with Gasteiger partial charge in [0.25, 0.3) is 0 Å². The zero-order chi connectivity index (χ0) is 9.23. The zero-order valence-corrected chi connectivity index (χ0v) is 7.45. The highest BCUT2D eigenvalue weighted by atomic mass is 16.5. The Bertz CT molecular complexity index is 141. The summed E-state index contributed by atoms with van der Waals surface area (Å²) >= 11 is 0. The van der Waals surface area contributed by atoms with Crippen LogP contribution in [0.2, 0.25) is 0 Å². The van der Waals surface area contributed by atoms with Gasteiger partial charge in [0.05, 0.1) is 6.61 Å². The molecule has 0 radical (unpaired) electrons. The van der Waals surface area contributed by atoms with Gasteiger partial charge in [0.1, 0.15) is 0 Å². The molecule has 0 aliphatic heterocycles. The minimum atomic E-state index is -0.290. The summed E-state index contributed by atoms with van der Waals surface area (Å²) in [7, 11) is 0. The fourth-order valence-corrected chi connectivity index (χ4v) is 0.748. The molecule has 0 aliphatic carbocycles. The van der Waals surface area contributed by atoms with Crippen molar-refractivity contribution in [2.45, 2.75) is 26.2 Å². The van der Waals surface area contributed by atoms with Gasteiger partial charge in [0.2, 0.25) is 0 Å². The Balaban J connectivity index is 3.14. The predicted octanol–water partition coefficient (Wildman–Crippen LogP) is 1.27. The van der Waals surface area contributed by atoms with Gasteiger partial charge in [-0.2, -0.15) is 0 Å². The van der Waals surface area contributed by atoms with Crippen molar-refractivity contribution in [1.82, 2.24) is 0 Å². The van der Waals surface area contributed by atoms with Gasteiger partial charge in [-0.25, -0.2) is 4.79 Å². The number of rotatable bonds is 6. The smallest absolute Gasteiger partial charge is 0.330 e. The topological polar surface area (TPSA) is 46.5 Å². The maximum atomic E-state index is 10.7. The number of ether oxygens (including phenoxy) is 1. The molecule has 0 unspecified atom stereocenters. The molecule has 70 valence electrons. The lowest BCUT2D eigenvalue weighted by Gasteiger charge is -2.00. The molecule has 0 bridgehead atoms. The minimum absolute atomic E-state index is 0.211. The van der Waals surface area contributed by atoms with E-state index in [9.17, 15) is 4.79 Å². The Morgan fingerprint density at radius 1 is 1.42 bits per heavy atom. The average Bonchev–Trinajstić information content (AvgIpc) is 2.05. The van der Waals surface area contributed by atoms with Crippen LogP contribution in [0.15, 0.2) is 12.2 Å². The van der Waals surface area contributed by atoms with Gasteiger partial charge < -0.3 is 9.84 Å². The monoisotopic (exact) mass is 172 g/mol. The summed E-state index contributed by atoms with van der Waals surface area (Å²) in [4.78, 5) is 10.7. The molecule has 0 atom stereocenters. The van der Waals surface area contributed by atoms with Gasteiger partial charge in [-0.05, 0) is 26.2 Å². The molecule has 0 aromatic rings. The first-order valence-corrected chi connectivity index (χ1v) is 4.21. The molecule has 3 nitrogen and oxygen atoms in total. The summed E-state index contributed by atoms with van der Waals surface area (Å²) < 4.78 is 4.82. The average molecular weight is 172 g/mol. The van der Waals surface area contributed by atoms with E-state index >= 15 is 0 Å². The zero-order valence-electron chi connectivity index (χ0n) is 7.45. The number of aliphatic hydroxyl groups is 1. The molecule has 0 heterocycles. The lowest BCUT2D eigenvalue weighted by Crippen LogP contribution is -2.02. The molecule has 12 heavy (non-hydrogen) atoms. The Morgan fingerprint density at radius 3 is 2.75 bits per heavy atom. The number of carbonyl (C=O) groups excluding carboxylic acids is 1. The standard InChI is InChI=1S/C9H16O3/c1-2-6-9(11)12-8-5-3-4-7-10/h2,6,10H,3-5,7-8H2,1H3. The first-order chi connectivity index (χ1) is 5.81. The molecule has 0 spiro atoms. The first-order valence-electron chi connectivity index (χ1n) is 4.21. The van der Waals surface area contributed by atoms with Gasteiger partial charge in [0.15, 0.2) is 0 Å². The SMILES string of the molecule is CC=CC(=O)OCCCCCO. The number of esters is 1. The van der Waals surface area contributed by atoms with Gasteiger partial charge in [-0.1, -0.05) is 6.08 Å². The molecule has 0 aromatic heterocycles. The van der Waals surface area contributed by atoms with Crippen LogP contribution in [0.3, 0.4) is 0 Å². The van der Waals surface area contributed by atoms with Gasteiger partial charge >= 0.3 is 5.97 Å². The van der Waals surface area contributed by atoms with Crippen LogP contribution in [-0.2, 0) is 9.53 Å². The van der Waals surface area contributed by atoms with Crippen LogP contribution in [0.4, 0.5) is 0 Å². The number of carbonyl (C=O) groups is 1. The largest absolute Gasteiger partial charge is 0.463 e. The third-order valence-corrected chi connectivity index (χ3v) is 1.35. The fourth-order valence-electron chi connectivity index (χ4n) is 0.748. The van der Waals surface area contributed by atoms with Crippen molar-refractivity contribution in [3.8, 4) is 0 Å². The van der Waals surface area contributed by atoms with Crippen molar-refractivity contribution >= 4 is 5.97 Å². The number of unbranched alkanes of at least 4 members (excludes halogenated alkanes) is 2. The molecule has 0 amide bonds. The van der Waals surface area contributed by atoms with E-state index < -0.39 is 0 Å². The lowest BCUT2D eigenvalue weighted by atomic mass is 10.2. The highest BCUT2D eigenvalue weighted by Crippen LogP contribution is 1.95. The minimum Gasteiger partial charge on any atom is -0.463 e. The van der Waals surface area contributed by atoms with Crippen LogP contribution in [0, 0.1) is 0 Å². The maximum absolute atomic E-state index is 10.7. The van der Waals surface area contributed by atoms with Crippen LogP contribution < -0.4 is 0 Å². The Kier molecular flexibility index (Phi) is 7.70. The molecule has 0 saturated carbocycles. The molecule has 0 aliphatic rings. The summed E-state index contributed by atoms with van der Waals surface area (Å²) in [6.45, 7) is 2.43. The van der Waals surface area contributed by atoms with E-state index in [0.717, 1.165) is 19.3 Å². The summed E-state index contributed by atoms with van der Waals surface area (Å²) in [5.41, 5.74) is 0. The van der Waals surface area contributed by atoms with Crippen LogP contribution in [0.5, 0.6) is 0 Å². The molecule has 0 saturated heterocycles. The Hall–Kier alpha value is -0.830. The molecular formula is C9H16O3. The summed E-state index contributed by atoms with van der Waals surface area (Å²) in [6, 6.07) is 0. The van der Waals surface area contributed by atoms with Gasteiger partial charge in [0, 0.05) is 12.7 Å². The van der Waals surface area contributed by atoms with Crippen LogP contribution in [0.1, 0.15) is 26.2 Å². The Morgan fingerprint density at radius 2 is 2.17 bits per heavy atom. The van der Waals surface area contributed by atoms with Crippen molar-refractivity contribution in [3.05, 3.63) is 12.2 Å². The molecule has 0 fully saturated rings. The number of hydrogen-bond donors (Lipinski definition) is 1. The van der Waals surface area contributed by atoms with E-state index in [1.54, 1.807) is 13.0 Å². The second-order valence-electron chi connectivity index (χ2n) is 2.45. The maximum Gasteiger partial charge on any atom is 0.330 e. The van der Waals surface area contributed by atoms with Crippen molar-refractivity contribution in [3.63, 3.8) is 0 Å². The first kappa shape index (κ1) is 11.2. The van der Waals surface area contributed by atoms with E-state index in [2.05, 4.69) is 0 Å². The van der Waals surface area contributed by atoms with Gasteiger partial charge in [-0.15, -0.1) is 0 Å². The fraction of sp³-hybridized carbons (Fsp3) is 0.667. The number of aliphatic hydroxyl groups excluding tert-OH is 1. The van der Waals surface area contributed by atoms with E-state index in [0.29, 0.717) is 6.61 Å². The highest BCUT2D eigenvalue weighted by molar-refractivity contribution is 5.81. The van der Waals surface area contributed by atoms with Crippen LogP contribution in [-0.4, -0.2) is 24.3 Å². The summed E-state index contributed by atoms with van der Waals surface area (Å²) in [5, 5.41) is 8.44. The molecule has 1 N–H and O–H groups in total. The second-order valence-corrected chi connectivity index (χ2v) is 2.45. The van der Waals surface area contributed by atoms with E-state index in [-0.39, 0.29) is 12.6 Å². The molecule has 0 rings (SSSR count). The lowest BCUT2D eigenvalue weighted by molar-refractivity contribution is -0.137. The second kappa shape index (κ2) is 8.27. The molecular weight excluding hydrogens is 156 g/mol.